The van der Waals surface area contributed by atoms with Crippen LogP contribution in [-0.4, -0.2) is 29.0 Å². The molecule has 0 aromatic heterocycles. The van der Waals surface area contributed by atoms with E-state index >= 15 is 0 Å². The number of anilines is 1. The molecule has 0 aliphatic heterocycles. The highest BCUT2D eigenvalue weighted by Crippen LogP contribution is 2.37. The minimum absolute atomic E-state index is 0.0701. The Labute approximate surface area is 120 Å². The van der Waals surface area contributed by atoms with Crippen LogP contribution in [0.5, 0.6) is 5.75 Å². The van der Waals surface area contributed by atoms with E-state index in [0.29, 0.717) is 16.7 Å². The van der Waals surface area contributed by atoms with Crippen LogP contribution in [0.1, 0.15) is 49.9 Å². The van der Waals surface area contributed by atoms with E-state index in [-0.39, 0.29) is 17.7 Å². The van der Waals surface area contributed by atoms with Gasteiger partial charge in [-0.05, 0) is 49.3 Å². The first-order chi connectivity index (χ1) is 9.30. The fourth-order valence-electron chi connectivity index (χ4n) is 2.86. The molecule has 1 aliphatic carbocycles. The molecule has 0 bridgehead atoms. The van der Waals surface area contributed by atoms with E-state index in [0.717, 1.165) is 25.7 Å². The Bertz CT molecular complexity index is 501. The Morgan fingerprint density at radius 2 is 1.95 bits per heavy atom. The van der Waals surface area contributed by atoms with Crippen LogP contribution in [0.4, 0.5) is 5.69 Å². The summed E-state index contributed by atoms with van der Waals surface area (Å²) in [7, 11) is 1.83. The molecule has 0 spiro atoms. The molecule has 1 amide bonds. The van der Waals surface area contributed by atoms with Crippen LogP contribution in [0.2, 0.25) is 0 Å². The number of hydrogen-bond acceptors (Lipinski definition) is 3. The molecular weight excluding hydrogens is 252 g/mol. The third kappa shape index (κ3) is 3.06. The van der Waals surface area contributed by atoms with Gasteiger partial charge in [0.05, 0.1) is 5.56 Å². The topological polar surface area (TPSA) is 66.6 Å². The SMILES string of the molecule is CN(C(=O)c1cc(O)ccc1N)C1CCC(C)(C)CC1. The predicted molar refractivity (Wildman–Crippen MR) is 80.6 cm³/mol. The van der Waals surface area contributed by atoms with Crippen LogP contribution < -0.4 is 5.73 Å². The zero-order valence-electron chi connectivity index (χ0n) is 12.5. The average molecular weight is 276 g/mol. The van der Waals surface area contributed by atoms with Crippen LogP contribution in [0.25, 0.3) is 0 Å². The zero-order valence-corrected chi connectivity index (χ0v) is 12.5. The predicted octanol–water partition coefficient (Wildman–Crippen LogP) is 3.02. The third-order valence-corrected chi connectivity index (χ3v) is 4.44. The molecule has 0 radical (unpaired) electrons. The summed E-state index contributed by atoms with van der Waals surface area (Å²) in [6.07, 6.45) is 4.30. The van der Waals surface area contributed by atoms with Gasteiger partial charge in [-0.2, -0.15) is 0 Å². The third-order valence-electron chi connectivity index (χ3n) is 4.44. The van der Waals surface area contributed by atoms with Gasteiger partial charge in [-0.15, -0.1) is 0 Å². The molecule has 0 atom stereocenters. The van der Waals surface area contributed by atoms with Crippen molar-refractivity contribution in [3.63, 3.8) is 0 Å². The summed E-state index contributed by atoms with van der Waals surface area (Å²) in [5.41, 5.74) is 7.02. The maximum atomic E-state index is 12.5. The number of carbonyl (C=O) groups is 1. The van der Waals surface area contributed by atoms with Gasteiger partial charge in [-0.25, -0.2) is 0 Å². The van der Waals surface area contributed by atoms with E-state index in [1.807, 2.05) is 7.05 Å². The van der Waals surface area contributed by atoms with E-state index in [2.05, 4.69) is 13.8 Å². The van der Waals surface area contributed by atoms with Gasteiger partial charge in [0.2, 0.25) is 0 Å². The monoisotopic (exact) mass is 276 g/mol. The number of nitrogens with zero attached hydrogens (tertiary/aromatic N) is 1. The Morgan fingerprint density at radius 3 is 2.55 bits per heavy atom. The molecule has 4 nitrogen and oxygen atoms in total. The lowest BCUT2D eigenvalue weighted by Crippen LogP contribution is -2.41. The molecule has 1 aliphatic rings. The summed E-state index contributed by atoms with van der Waals surface area (Å²) < 4.78 is 0. The molecule has 1 aromatic rings. The summed E-state index contributed by atoms with van der Waals surface area (Å²) in [6, 6.07) is 4.77. The molecular formula is C16H24N2O2. The average Bonchev–Trinajstić information content (AvgIpc) is 2.40. The first-order valence-corrected chi connectivity index (χ1v) is 7.16. The van der Waals surface area contributed by atoms with Gasteiger partial charge in [0.1, 0.15) is 5.75 Å². The summed E-state index contributed by atoms with van der Waals surface area (Å²) in [4.78, 5) is 14.3. The number of aromatic hydroxyl groups is 1. The van der Waals surface area contributed by atoms with Crippen molar-refractivity contribution in [3.8, 4) is 5.75 Å². The summed E-state index contributed by atoms with van der Waals surface area (Å²) >= 11 is 0. The number of amides is 1. The second kappa shape index (κ2) is 5.35. The van der Waals surface area contributed by atoms with Crippen LogP contribution in [0, 0.1) is 5.41 Å². The van der Waals surface area contributed by atoms with Crippen molar-refractivity contribution in [2.24, 2.45) is 5.41 Å². The molecule has 4 heteroatoms. The quantitative estimate of drug-likeness (QED) is 0.644. The zero-order chi connectivity index (χ0) is 14.9. The first-order valence-electron chi connectivity index (χ1n) is 7.16. The first kappa shape index (κ1) is 14.7. The van der Waals surface area contributed by atoms with Crippen LogP contribution in [-0.2, 0) is 0 Å². The lowest BCUT2D eigenvalue weighted by molar-refractivity contribution is 0.0636. The van der Waals surface area contributed by atoms with Crippen molar-refractivity contribution < 1.29 is 9.90 Å². The van der Waals surface area contributed by atoms with Gasteiger partial charge in [-0.1, -0.05) is 13.8 Å². The van der Waals surface area contributed by atoms with E-state index in [1.165, 1.54) is 12.1 Å². The van der Waals surface area contributed by atoms with E-state index in [9.17, 15) is 9.90 Å². The fraction of sp³-hybridized carbons (Fsp3) is 0.562. The lowest BCUT2D eigenvalue weighted by Gasteiger charge is -2.38. The second-order valence-electron chi connectivity index (χ2n) is 6.58. The van der Waals surface area contributed by atoms with Crippen molar-refractivity contribution in [3.05, 3.63) is 23.8 Å². The summed E-state index contributed by atoms with van der Waals surface area (Å²) in [6.45, 7) is 4.55. The van der Waals surface area contributed by atoms with E-state index in [4.69, 9.17) is 5.73 Å². The number of rotatable bonds is 2. The van der Waals surface area contributed by atoms with Crippen LogP contribution in [0.15, 0.2) is 18.2 Å². The molecule has 2 rings (SSSR count). The largest absolute Gasteiger partial charge is 0.508 e. The molecule has 3 N–H and O–H groups in total. The van der Waals surface area contributed by atoms with Gasteiger partial charge in [-0.3, -0.25) is 4.79 Å². The van der Waals surface area contributed by atoms with Crippen molar-refractivity contribution in [1.29, 1.82) is 0 Å². The number of carbonyl (C=O) groups excluding carboxylic acids is 1. The van der Waals surface area contributed by atoms with Gasteiger partial charge >= 0.3 is 0 Å². The molecule has 0 heterocycles. The maximum absolute atomic E-state index is 12.5. The molecule has 1 fully saturated rings. The molecule has 20 heavy (non-hydrogen) atoms. The smallest absolute Gasteiger partial charge is 0.256 e. The number of nitrogen functional groups attached to an aromatic ring is 1. The van der Waals surface area contributed by atoms with Crippen molar-refractivity contribution in [2.75, 3.05) is 12.8 Å². The Kier molecular flexibility index (Phi) is 3.93. The maximum Gasteiger partial charge on any atom is 0.256 e. The van der Waals surface area contributed by atoms with Crippen molar-refractivity contribution in [2.45, 2.75) is 45.6 Å². The van der Waals surface area contributed by atoms with Crippen LogP contribution in [0.3, 0.4) is 0 Å². The Balaban J connectivity index is 2.11. The highest BCUT2D eigenvalue weighted by Gasteiger charge is 2.31. The highest BCUT2D eigenvalue weighted by atomic mass is 16.3. The summed E-state index contributed by atoms with van der Waals surface area (Å²) in [5.74, 6) is -0.0381. The van der Waals surface area contributed by atoms with Crippen molar-refractivity contribution >= 4 is 11.6 Å². The molecule has 0 saturated heterocycles. The number of benzene rings is 1. The van der Waals surface area contributed by atoms with Gasteiger partial charge < -0.3 is 15.7 Å². The van der Waals surface area contributed by atoms with Crippen molar-refractivity contribution in [1.82, 2.24) is 4.90 Å². The minimum Gasteiger partial charge on any atom is -0.508 e. The number of phenolic OH excluding ortho intramolecular Hbond substituents is 1. The molecule has 1 saturated carbocycles. The Morgan fingerprint density at radius 1 is 1.35 bits per heavy atom. The molecule has 110 valence electrons. The molecule has 1 aromatic carbocycles. The molecule has 0 unspecified atom stereocenters. The normalized spacial score (nSPS) is 18.8. The van der Waals surface area contributed by atoms with E-state index in [1.54, 1.807) is 11.0 Å². The van der Waals surface area contributed by atoms with E-state index < -0.39 is 0 Å². The van der Waals surface area contributed by atoms with Gasteiger partial charge in [0.25, 0.3) is 5.91 Å². The number of hydrogen-bond donors (Lipinski definition) is 2. The Hall–Kier alpha value is -1.71. The lowest BCUT2D eigenvalue weighted by atomic mass is 9.75. The second-order valence-corrected chi connectivity index (χ2v) is 6.58. The highest BCUT2D eigenvalue weighted by molar-refractivity contribution is 5.99. The number of phenols is 1. The number of nitrogens with two attached hydrogens (primary N) is 1. The standard InChI is InChI=1S/C16H24N2O2/c1-16(2)8-6-11(7-9-16)18(3)15(20)13-10-12(19)4-5-14(13)17/h4-5,10-11,19H,6-9,17H2,1-3H3. The fourth-order valence-corrected chi connectivity index (χ4v) is 2.86. The van der Waals surface area contributed by atoms with Gasteiger partial charge in [0, 0.05) is 18.8 Å². The van der Waals surface area contributed by atoms with Gasteiger partial charge in [0.15, 0.2) is 0 Å². The summed E-state index contributed by atoms with van der Waals surface area (Å²) in [5, 5.41) is 9.52. The van der Waals surface area contributed by atoms with Crippen LogP contribution >= 0.6 is 0 Å². The minimum atomic E-state index is -0.108.